The van der Waals surface area contributed by atoms with Gasteiger partial charge >= 0.3 is 0 Å². The van der Waals surface area contributed by atoms with E-state index in [-0.39, 0.29) is 18.9 Å². The van der Waals surface area contributed by atoms with Gasteiger partial charge in [0.05, 0.1) is 36.1 Å². The number of aromatic amines is 1. The normalized spacial score (nSPS) is 18.9. The minimum absolute atomic E-state index is 0.104. The van der Waals surface area contributed by atoms with Crippen molar-refractivity contribution in [3.8, 4) is 11.1 Å². The van der Waals surface area contributed by atoms with E-state index < -0.39 is 12.1 Å². The second-order valence-corrected chi connectivity index (χ2v) is 6.71. The number of aromatic nitrogens is 4. The highest BCUT2D eigenvalue weighted by atomic mass is 19.1. The molecule has 0 radical (unpaired) electrons. The van der Waals surface area contributed by atoms with Gasteiger partial charge < -0.3 is 19.8 Å². The maximum atomic E-state index is 13.0. The first-order valence-corrected chi connectivity index (χ1v) is 8.64. The maximum absolute atomic E-state index is 13.0. The fraction of sp³-hybridized carbons (Fsp3) is 0.211. The van der Waals surface area contributed by atoms with E-state index in [4.69, 9.17) is 0 Å². The summed E-state index contributed by atoms with van der Waals surface area (Å²) in [5.74, 6) is -0.513. The zero-order valence-corrected chi connectivity index (χ0v) is 14.2. The number of nitrogens with one attached hydrogen (secondary N) is 2. The Bertz CT molecular complexity index is 1180. The highest BCUT2D eigenvalue weighted by Crippen LogP contribution is 2.35. The molecule has 0 bridgehead atoms. The number of alkyl halides is 1. The second kappa shape index (κ2) is 5.88. The fourth-order valence-corrected chi connectivity index (χ4v) is 3.36. The highest BCUT2D eigenvalue weighted by Gasteiger charge is 2.43. The number of halogens is 1. The van der Waals surface area contributed by atoms with Crippen LogP contribution in [0.4, 0.5) is 10.2 Å². The Balaban J connectivity index is 1.55. The van der Waals surface area contributed by atoms with E-state index in [1.165, 1.54) is 0 Å². The zero-order valence-electron chi connectivity index (χ0n) is 14.2. The van der Waals surface area contributed by atoms with Crippen LogP contribution < -0.4 is 5.32 Å². The number of amides is 1. The zero-order chi connectivity index (χ0) is 18.5. The molecule has 1 aromatic carbocycles. The Hall–Kier alpha value is -3.26. The predicted octanol–water partition coefficient (Wildman–Crippen LogP) is 2.67. The van der Waals surface area contributed by atoms with Gasteiger partial charge in [-0.25, -0.2) is 14.4 Å². The molecule has 1 saturated carbocycles. The smallest absolute Gasteiger partial charge is 0.231 e. The minimum atomic E-state index is -1.04. The Kier molecular flexibility index (Phi) is 3.48. The summed E-state index contributed by atoms with van der Waals surface area (Å²) in [5, 5.41) is 12.4. The summed E-state index contributed by atoms with van der Waals surface area (Å²) in [5.41, 5.74) is 4.79. The molecule has 8 heteroatoms. The van der Waals surface area contributed by atoms with Gasteiger partial charge in [0.25, 0.3) is 0 Å². The van der Waals surface area contributed by atoms with Crippen LogP contribution in [-0.2, 0) is 11.4 Å². The molecule has 7 nitrogen and oxygen atoms in total. The minimum Gasteiger partial charge on any atom is -0.392 e. The van der Waals surface area contributed by atoms with Gasteiger partial charge in [-0.15, -0.1) is 0 Å². The van der Waals surface area contributed by atoms with Gasteiger partial charge in [0, 0.05) is 17.3 Å². The molecule has 3 aromatic heterocycles. The molecule has 2 unspecified atom stereocenters. The number of hydrogen-bond donors (Lipinski definition) is 3. The molecule has 3 heterocycles. The van der Waals surface area contributed by atoms with Gasteiger partial charge in [-0.3, -0.25) is 4.79 Å². The summed E-state index contributed by atoms with van der Waals surface area (Å²) in [7, 11) is 0. The molecule has 1 fully saturated rings. The first-order chi connectivity index (χ1) is 13.1. The molecule has 0 saturated heterocycles. The van der Waals surface area contributed by atoms with Crippen LogP contribution in [0.3, 0.4) is 0 Å². The summed E-state index contributed by atoms with van der Waals surface area (Å²) < 4.78 is 14.8. The van der Waals surface area contributed by atoms with Crippen molar-refractivity contribution >= 4 is 28.4 Å². The number of benzene rings is 1. The molecular formula is C19H16FN5O2. The molecule has 5 rings (SSSR count). The fourth-order valence-electron chi connectivity index (χ4n) is 3.36. The lowest BCUT2D eigenvalue weighted by molar-refractivity contribution is -0.117. The molecule has 136 valence electrons. The number of anilines is 1. The number of fused-ring (bicyclic) bond motifs is 2. The number of nitrogens with zero attached hydrogens (tertiary/aromatic N) is 3. The van der Waals surface area contributed by atoms with Crippen molar-refractivity contribution in [2.45, 2.75) is 19.2 Å². The predicted molar refractivity (Wildman–Crippen MR) is 97.8 cm³/mol. The standard InChI is InChI=1S/C19H16FN5O2/c20-13-5-12(13)19(27)24-15-7-25-6-10(2-4-16(25)23-15)17-11(8-26)1-3-14-18(17)22-9-21-14/h1-4,6-7,9,12-13,26H,5,8H2,(H,21,22)(H,24,27). The summed E-state index contributed by atoms with van der Waals surface area (Å²) >= 11 is 0. The Morgan fingerprint density at radius 3 is 2.96 bits per heavy atom. The lowest BCUT2D eigenvalue weighted by Gasteiger charge is -2.09. The van der Waals surface area contributed by atoms with Gasteiger partial charge in [0.1, 0.15) is 11.8 Å². The molecule has 0 spiro atoms. The van der Waals surface area contributed by atoms with Crippen molar-refractivity contribution in [1.82, 2.24) is 19.4 Å². The third-order valence-corrected chi connectivity index (χ3v) is 4.89. The summed E-state index contributed by atoms with van der Waals surface area (Å²) in [6.45, 7) is -0.104. The molecular weight excluding hydrogens is 349 g/mol. The second-order valence-electron chi connectivity index (χ2n) is 6.71. The molecule has 27 heavy (non-hydrogen) atoms. The van der Waals surface area contributed by atoms with Crippen molar-refractivity contribution in [3.63, 3.8) is 0 Å². The maximum Gasteiger partial charge on any atom is 0.231 e. The van der Waals surface area contributed by atoms with Gasteiger partial charge in [-0.2, -0.15) is 0 Å². The van der Waals surface area contributed by atoms with E-state index in [1.54, 1.807) is 16.9 Å². The number of hydrogen-bond acceptors (Lipinski definition) is 4. The van der Waals surface area contributed by atoms with E-state index in [2.05, 4.69) is 20.3 Å². The summed E-state index contributed by atoms with van der Waals surface area (Å²) in [4.78, 5) is 23.7. The number of rotatable bonds is 4. The molecule has 1 aliphatic carbocycles. The van der Waals surface area contributed by atoms with Crippen molar-refractivity contribution < 1.29 is 14.3 Å². The number of carbonyl (C=O) groups is 1. The van der Waals surface area contributed by atoms with Gasteiger partial charge in [-0.1, -0.05) is 6.07 Å². The summed E-state index contributed by atoms with van der Waals surface area (Å²) in [6, 6.07) is 7.47. The number of imidazole rings is 2. The SMILES string of the molecule is O=C(Nc1cn2cc(-c3c(CO)ccc4[nH]cnc34)ccc2n1)C1CC1F. The number of pyridine rings is 1. The monoisotopic (exact) mass is 365 g/mol. The van der Waals surface area contributed by atoms with E-state index >= 15 is 0 Å². The molecule has 1 amide bonds. The van der Waals surface area contributed by atoms with Crippen LogP contribution >= 0.6 is 0 Å². The first-order valence-electron chi connectivity index (χ1n) is 8.64. The lowest BCUT2D eigenvalue weighted by Crippen LogP contribution is -2.15. The van der Waals surface area contributed by atoms with Crippen molar-refractivity contribution in [1.29, 1.82) is 0 Å². The van der Waals surface area contributed by atoms with Gasteiger partial charge in [0.2, 0.25) is 5.91 Å². The first kappa shape index (κ1) is 16.0. The lowest BCUT2D eigenvalue weighted by atomic mass is 10.00. The van der Waals surface area contributed by atoms with Gasteiger partial charge in [-0.05, 0) is 30.2 Å². The van der Waals surface area contributed by atoms with Crippen LogP contribution in [0.2, 0.25) is 0 Å². The molecule has 2 atom stereocenters. The van der Waals surface area contributed by atoms with Crippen molar-refractivity contribution in [2.75, 3.05) is 5.32 Å². The summed E-state index contributed by atoms with van der Waals surface area (Å²) in [6.07, 6.45) is 4.42. The number of aliphatic hydroxyl groups excluding tert-OH is 1. The Labute approximate surface area is 152 Å². The van der Waals surface area contributed by atoms with Crippen LogP contribution in [0, 0.1) is 5.92 Å². The number of H-pyrrole nitrogens is 1. The Morgan fingerprint density at radius 2 is 2.19 bits per heavy atom. The van der Waals surface area contributed by atoms with E-state index in [0.29, 0.717) is 11.5 Å². The van der Waals surface area contributed by atoms with Crippen molar-refractivity contribution in [3.05, 3.63) is 48.5 Å². The van der Waals surface area contributed by atoms with Crippen LogP contribution in [0.15, 0.2) is 43.0 Å². The van der Waals surface area contributed by atoms with Gasteiger partial charge in [0.15, 0.2) is 5.82 Å². The van der Waals surface area contributed by atoms with Crippen LogP contribution in [0.25, 0.3) is 27.8 Å². The molecule has 3 N–H and O–H groups in total. The average Bonchev–Trinajstić information content (AvgIpc) is 3.07. The third-order valence-electron chi connectivity index (χ3n) is 4.89. The third kappa shape index (κ3) is 2.65. The van der Waals surface area contributed by atoms with Crippen LogP contribution in [-0.4, -0.2) is 36.5 Å². The van der Waals surface area contributed by atoms with Crippen LogP contribution in [0.1, 0.15) is 12.0 Å². The average molecular weight is 365 g/mol. The number of aliphatic hydroxyl groups is 1. The largest absolute Gasteiger partial charge is 0.392 e. The Morgan fingerprint density at radius 1 is 1.33 bits per heavy atom. The van der Waals surface area contributed by atoms with E-state index in [1.807, 2.05) is 30.5 Å². The topological polar surface area (TPSA) is 95.3 Å². The number of carbonyl (C=O) groups excluding carboxylic acids is 1. The highest BCUT2D eigenvalue weighted by molar-refractivity contribution is 5.95. The van der Waals surface area contributed by atoms with E-state index in [0.717, 1.165) is 27.7 Å². The quantitative estimate of drug-likeness (QED) is 0.518. The molecule has 0 aliphatic heterocycles. The molecule has 4 aromatic rings. The van der Waals surface area contributed by atoms with Crippen molar-refractivity contribution in [2.24, 2.45) is 5.92 Å². The van der Waals surface area contributed by atoms with E-state index in [9.17, 15) is 14.3 Å². The van der Waals surface area contributed by atoms with Crippen LogP contribution in [0.5, 0.6) is 0 Å². The molecule has 1 aliphatic rings.